The Morgan fingerprint density at radius 2 is 1.62 bits per heavy atom. The van der Waals surface area contributed by atoms with Crippen molar-refractivity contribution in [2.75, 3.05) is 20.2 Å². The van der Waals surface area contributed by atoms with Crippen LogP contribution in [0.15, 0.2) is 91.0 Å². The molecule has 1 saturated heterocycles. The van der Waals surface area contributed by atoms with Gasteiger partial charge in [0.1, 0.15) is 6.04 Å². The molecule has 2 N–H and O–H groups in total. The number of nitrogens with zero attached hydrogens (tertiary/aromatic N) is 3. The first-order chi connectivity index (χ1) is 18.0. The third-order valence-corrected chi connectivity index (χ3v) is 7.16. The van der Waals surface area contributed by atoms with Gasteiger partial charge in [-0.25, -0.2) is 0 Å². The van der Waals surface area contributed by atoms with Crippen LogP contribution in [-0.2, 0) is 15.2 Å². The van der Waals surface area contributed by atoms with Crippen LogP contribution in [0, 0.1) is 0 Å². The van der Waals surface area contributed by atoms with E-state index in [4.69, 9.17) is 4.84 Å². The van der Waals surface area contributed by atoms with Crippen molar-refractivity contribution in [1.82, 2.24) is 20.3 Å². The lowest BCUT2D eigenvalue weighted by atomic mass is 9.84. The van der Waals surface area contributed by atoms with Crippen molar-refractivity contribution in [1.29, 1.82) is 0 Å². The van der Waals surface area contributed by atoms with Gasteiger partial charge in [0.25, 0.3) is 5.91 Å². The van der Waals surface area contributed by atoms with E-state index < -0.39 is 11.6 Å². The van der Waals surface area contributed by atoms with Crippen LogP contribution < -0.4 is 5.48 Å². The first-order valence-corrected chi connectivity index (χ1v) is 12.4. The maximum Gasteiger partial charge on any atom is 0.258 e. The normalized spacial score (nSPS) is 18.9. The molecule has 0 spiro atoms. The number of carbonyl (C=O) groups is 2. The van der Waals surface area contributed by atoms with Crippen LogP contribution >= 0.6 is 0 Å². The van der Waals surface area contributed by atoms with E-state index in [0.29, 0.717) is 43.6 Å². The lowest BCUT2D eigenvalue weighted by Gasteiger charge is -2.40. The minimum atomic E-state index is -0.958. The fraction of sp³-hybridized carbons (Fsp3) is 0.276. The number of nitrogens with one attached hydrogen (secondary N) is 1. The molecule has 0 saturated carbocycles. The molecule has 1 atom stereocenters. The minimum absolute atomic E-state index is 0.138. The number of piperidine rings is 1. The lowest BCUT2D eigenvalue weighted by molar-refractivity contribution is -0.139. The third-order valence-electron chi connectivity index (χ3n) is 7.16. The van der Waals surface area contributed by atoms with E-state index in [9.17, 15) is 14.7 Å². The van der Waals surface area contributed by atoms with Crippen LogP contribution in [0.5, 0.6) is 0 Å². The van der Waals surface area contributed by atoms with Crippen LogP contribution in [0.3, 0.4) is 0 Å². The van der Waals surface area contributed by atoms with Gasteiger partial charge >= 0.3 is 0 Å². The van der Waals surface area contributed by atoms with Crippen molar-refractivity contribution in [3.05, 3.63) is 102 Å². The third kappa shape index (κ3) is 5.12. The first kappa shape index (κ1) is 24.7. The van der Waals surface area contributed by atoms with E-state index in [0.717, 1.165) is 16.7 Å². The summed E-state index contributed by atoms with van der Waals surface area (Å²) in [5, 5.41) is 11.2. The molecule has 0 bridgehead atoms. The second-order valence-electron chi connectivity index (χ2n) is 9.43. The summed E-state index contributed by atoms with van der Waals surface area (Å²) in [6.45, 7) is 0.826. The number of aromatic nitrogens is 1. The van der Waals surface area contributed by atoms with Gasteiger partial charge in [-0.2, -0.15) is 0 Å². The standard InChI is InChI=1S/C29H30N4O4/c1-37-31-25-19-26(28(35)32-17-13-29(36,14-18-32)24-5-3-2-4-6-24)33(20-25)27(34)23-9-7-21(8-10-23)22-11-15-30-16-12-22/h2-12,15-16,20,26,31,36H,13-14,17-19H2,1H3. The highest BCUT2D eigenvalue weighted by molar-refractivity contribution is 5.99. The van der Waals surface area contributed by atoms with E-state index in [1.165, 1.54) is 12.0 Å². The van der Waals surface area contributed by atoms with Gasteiger partial charge in [-0.05, 0) is 53.8 Å². The number of carbonyl (C=O) groups excluding carboxylic acids is 2. The minimum Gasteiger partial charge on any atom is -0.385 e. The Labute approximate surface area is 216 Å². The van der Waals surface area contributed by atoms with Gasteiger partial charge in [0.05, 0.1) is 18.4 Å². The number of rotatable bonds is 6. The van der Waals surface area contributed by atoms with Crippen LogP contribution in [-0.4, -0.2) is 57.9 Å². The van der Waals surface area contributed by atoms with Crippen molar-refractivity contribution in [3.8, 4) is 11.1 Å². The zero-order valence-corrected chi connectivity index (χ0v) is 20.7. The summed E-state index contributed by atoms with van der Waals surface area (Å²) >= 11 is 0. The van der Waals surface area contributed by atoms with E-state index in [-0.39, 0.29) is 11.8 Å². The number of benzene rings is 2. The topological polar surface area (TPSA) is 95.0 Å². The zero-order chi connectivity index (χ0) is 25.8. The molecule has 37 heavy (non-hydrogen) atoms. The van der Waals surface area contributed by atoms with Crippen molar-refractivity contribution < 1.29 is 19.5 Å². The molecular formula is C29H30N4O4. The van der Waals surface area contributed by atoms with Crippen molar-refractivity contribution in [2.45, 2.75) is 30.9 Å². The molecule has 0 radical (unpaired) electrons. The Balaban J connectivity index is 1.31. The average molecular weight is 499 g/mol. The Morgan fingerprint density at radius 3 is 2.27 bits per heavy atom. The van der Waals surface area contributed by atoms with E-state index >= 15 is 0 Å². The van der Waals surface area contributed by atoms with Crippen LogP contribution in [0.2, 0.25) is 0 Å². The van der Waals surface area contributed by atoms with Gasteiger partial charge < -0.3 is 14.9 Å². The quantitative estimate of drug-likeness (QED) is 0.506. The first-order valence-electron chi connectivity index (χ1n) is 12.4. The molecule has 190 valence electrons. The zero-order valence-electron chi connectivity index (χ0n) is 20.7. The molecule has 2 amide bonds. The Kier molecular flexibility index (Phi) is 7.03. The number of hydrogen-bond acceptors (Lipinski definition) is 6. The summed E-state index contributed by atoms with van der Waals surface area (Å²) in [7, 11) is 1.50. The molecule has 2 aromatic carbocycles. The lowest BCUT2D eigenvalue weighted by Crippen LogP contribution is -2.52. The summed E-state index contributed by atoms with van der Waals surface area (Å²) in [6, 6.07) is 20.0. The Bertz CT molecular complexity index is 1270. The summed E-state index contributed by atoms with van der Waals surface area (Å²) in [4.78, 5) is 39.5. The smallest absolute Gasteiger partial charge is 0.258 e. The predicted octanol–water partition coefficient (Wildman–Crippen LogP) is 3.47. The number of pyridine rings is 1. The highest BCUT2D eigenvalue weighted by Gasteiger charge is 2.41. The number of amides is 2. The van der Waals surface area contributed by atoms with Crippen LogP contribution in [0.4, 0.5) is 0 Å². The number of hydroxylamine groups is 1. The number of likely N-dealkylation sites (tertiary alicyclic amines) is 1. The van der Waals surface area contributed by atoms with Gasteiger partial charge in [0.15, 0.2) is 0 Å². The highest BCUT2D eigenvalue weighted by atomic mass is 16.6. The Hall–Kier alpha value is -4.01. The van der Waals surface area contributed by atoms with Crippen molar-refractivity contribution in [3.63, 3.8) is 0 Å². The maximum absolute atomic E-state index is 13.6. The van der Waals surface area contributed by atoms with Crippen LogP contribution in [0.1, 0.15) is 35.2 Å². The molecule has 5 rings (SSSR count). The van der Waals surface area contributed by atoms with E-state index in [2.05, 4.69) is 10.5 Å². The van der Waals surface area contributed by atoms with Crippen molar-refractivity contribution in [2.24, 2.45) is 0 Å². The molecule has 1 unspecified atom stereocenters. The fourth-order valence-corrected chi connectivity index (χ4v) is 5.07. The average Bonchev–Trinajstić information content (AvgIpc) is 3.38. The second-order valence-corrected chi connectivity index (χ2v) is 9.43. The van der Waals surface area contributed by atoms with Gasteiger partial charge in [-0.1, -0.05) is 42.5 Å². The maximum atomic E-state index is 13.6. The largest absolute Gasteiger partial charge is 0.385 e. The van der Waals surface area contributed by atoms with Crippen LogP contribution in [0.25, 0.3) is 11.1 Å². The summed E-state index contributed by atoms with van der Waals surface area (Å²) in [5.74, 6) is -0.397. The number of aliphatic hydroxyl groups is 1. The molecule has 1 aromatic heterocycles. The van der Waals surface area contributed by atoms with Gasteiger partial charge in [0, 0.05) is 43.7 Å². The molecule has 8 heteroatoms. The van der Waals surface area contributed by atoms with Gasteiger partial charge in [-0.3, -0.25) is 24.9 Å². The van der Waals surface area contributed by atoms with Gasteiger partial charge in [0.2, 0.25) is 5.91 Å². The molecule has 2 aliphatic rings. The summed E-state index contributed by atoms with van der Waals surface area (Å²) in [6.07, 6.45) is 6.31. The molecule has 3 aromatic rings. The second kappa shape index (κ2) is 10.5. The summed E-state index contributed by atoms with van der Waals surface area (Å²) in [5.41, 5.74) is 5.82. The molecule has 3 heterocycles. The summed E-state index contributed by atoms with van der Waals surface area (Å²) < 4.78 is 0. The number of hydrogen-bond donors (Lipinski definition) is 2. The van der Waals surface area contributed by atoms with E-state index in [1.807, 2.05) is 54.6 Å². The molecule has 0 aliphatic carbocycles. The van der Waals surface area contributed by atoms with Crippen molar-refractivity contribution >= 4 is 11.8 Å². The highest BCUT2D eigenvalue weighted by Crippen LogP contribution is 2.34. The SMILES string of the molecule is CONC1=CN(C(=O)c2ccc(-c3ccncc3)cc2)C(C(=O)N2CCC(O)(c3ccccc3)CC2)C1. The Morgan fingerprint density at radius 1 is 0.973 bits per heavy atom. The monoisotopic (exact) mass is 498 g/mol. The van der Waals surface area contributed by atoms with E-state index in [1.54, 1.807) is 35.6 Å². The predicted molar refractivity (Wildman–Crippen MR) is 139 cm³/mol. The molecule has 1 fully saturated rings. The van der Waals surface area contributed by atoms with Gasteiger partial charge in [-0.15, -0.1) is 0 Å². The molecule has 8 nitrogen and oxygen atoms in total. The fourth-order valence-electron chi connectivity index (χ4n) is 5.07. The molecule has 2 aliphatic heterocycles. The molecular weight excluding hydrogens is 468 g/mol.